The number of hydrogen-bond donors (Lipinski definition) is 2. The van der Waals surface area contributed by atoms with E-state index in [1.807, 2.05) is 0 Å². The number of rotatable bonds is 5. The van der Waals surface area contributed by atoms with Crippen molar-refractivity contribution in [2.75, 3.05) is 0 Å². The van der Waals surface area contributed by atoms with E-state index in [4.69, 9.17) is 10.2 Å². The minimum Gasteiger partial charge on any atom is -0.481 e. The largest absolute Gasteiger partial charge is 0.481 e. The highest BCUT2D eigenvalue weighted by molar-refractivity contribution is 5.89. The Labute approximate surface area is 126 Å². The maximum absolute atomic E-state index is 14.1. The molecule has 114 valence electrons. The van der Waals surface area contributed by atoms with Crippen LogP contribution in [0.5, 0.6) is 0 Å². The maximum Gasteiger partial charge on any atom is 0.335 e. The Kier molecular flexibility index (Phi) is 4.56. The number of carboxylic acids is 2. The number of carboxylic acid groups (broad SMARTS) is 2. The number of halogens is 1. The topological polar surface area (TPSA) is 74.6 Å². The highest BCUT2D eigenvalue weighted by Gasteiger charge is 2.14. The lowest BCUT2D eigenvalue weighted by Crippen LogP contribution is -2.03. The number of aliphatic carboxylic acids is 1. The molecule has 4 nitrogen and oxygen atoms in total. The Balaban J connectivity index is 2.44. The van der Waals surface area contributed by atoms with Gasteiger partial charge in [0, 0.05) is 5.56 Å². The Morgan fingerprint density at radius 1 is 1.14 bits per heavy atom. The average molecular weight is 302 g/mol. The van der Waals surface area contributed by atoms with Crippen LogP contribution >= 0.6 is 0 Å². The summed E-state index contributed by atoms with van der Waals surface area (Å²) in [7, 11) is 0. The minimum absolute atomic E-state index is 0.0553. The van der Waals surface area contributed by atoms with Crippen molar-refractivity contribution >= 4 is 11.9 Å². The van der Waals surface area contributed by atoms with E-state index < -0.39 is 17.8 Å². The third-order valence-electron chi connectivity index (χ3n) is 3.46. The van der Waals surface area contributed by atoms with Crippen LogP contribution in [0.1, 0.15) is 35.2 Å². The Morgan fingerprint density at radius 3 is 2.50 bits per heavy atom. The molecular weight excluding hydrogens is 287 g/mol. The molecule has 0 fully saturated rings. The first-order valence-corrected chi connectivity index (χ1v) is 6.73. The van der Waals surface area contributed by atoms with E-state index in [0.29, 0.717) is 11.1 Å². The molecule has 0 spiro atoms. The molecule has 2 aromatic carbocycles. The number of benzene rings is 2. The van der Waals surface area contributed by atoms with Gasteiger partial charge in [-0.3, -0.25) is 4.79 Å². The molecule has 1 unspecified atom stereocenters. The van der Waals surface area contributed by atoms with Gasteiger partial charge in [0.2, 0.25) is 0 Å². The number of hydrogen-bond acceptors (Lipinski definition) is 2. The molecule has 2 N–H and O–H groups in total. The minimum atomic E-state index is -1.09. The predicted molar refractivity (Wildman–Crippen MR) is 79.5 cm³/mol. The van der Waals surface area contributed by atoms with Gasteiger partial charge in [-0.05, 0) is 41.3 Å². The van der Waals surface area contributed by atoms with Gasteiger partial charge in [0.1, 0.15) is 5.82 Å². The van der Waals surface area contributed by atoms with Gasteiger partial charge >= 0.3 is 11.9 Å². The lowest BCUT2D eigenvalue weighted by atomic mass is 9.93. The van der Waals surface area contributed by atoms with Crippen LogP contribution in [0.4, 0.5) is 4.39 Å². The van der Waals surface area contributed by atoms with Gasteiger partial charge in [0.05, 0.1) is 12.0 Å². The highest BCUT2D eigenvalue weighted by atomic mass is 19.1. The molecule has 22 heavy (non-hydrogen) atoms. The summed E-state index contributed by atoms with van der Waals surface area (Å²) in [6.07, 6.45) is -0.0553. The lowest BCUT2D eigenvalue weighted by molar-refractivity contribution is -0.137. The van der Waals surface area contributed by atoms with Crippen LogP contribution in [0.25, 0.3) is 11.1 Å². The molecule has 2 rings (SSSR count). The van der Waals surface area contributed by atoms with E-state index in [9.17, 15) is 14.0 Å². The third kappa shape index (κ3) is 3.49. The van der Waals surface area contributed by atoms with E-state index in [0.717, 1.165) is 0 Å². The summed E-state index contributed by atoms with van der Waals surface area (Å²) in [6, 6.07) is 10.4. The van der Waals surface area contributed by atoms with Crippen molar-refractivity contribution in [2.24, 2.45) is 0 Å². The van der Waals surface area contributed by atoms with Crippen molar-refractivity contribution in [1.82, 2.24) is 0 Å². The third-order valence-corrected chi connectivity index (χ3v) is 3.46. The predicted octanol–water partition coefficient (Wildman–Crippen LogP) is 3.77. The molecule has 5 heteroatoms. The molecule has 0 aliphatic carbocycles. The first kappa shape index (κ1) is 15.7. The Hall–Kier alpha value is -2.69. The summed E-state index contributed by atoms with van der Waals surface area (Å²) in [6.45, 7) is 1.75. The quantitative estimate of drug-likeness (QED) is 0.881. The van der Waals surface area contributed by atoms with Crippen LogP contribution < -0.4 is 0 Å². The second-order valence-corrected chi connectivity index (χ2v) is 5.12. The van der Waals surface area contributed by atoms with Gasteiger partial charge in [-0.15, -0.1) is 0 Å². The molecule has 0 radical (unpaired) electrons. The fourth-order valence-corrected chi connectivity index (χ4v) is 2.27. The molecule has 0 saturated heterocycles. The smallest absolute Gasteiger partial charge is 0.335 e. The summed E-state index contributed by atoms with van der Waals surface area (Å²) in [5.74, 6) is -2.75. The fraction of sp³-hybridized carbons (Fsp3) is 0.176. The van der Waals surface area contributed by atoms with Crippen LogP contribution in [-0.4, -0.2) is 22.2 Å². The molecule has 0 aliphatic rings. The zero-order valence-electron chi connectivity index (χ0n) is 11.9. The standard InChI is InChI=1S/C17H15FO4/c1-10(7-16(19)20)11-5-6-15(18)14(9-11)12-3-2-4-13(8-12)17(21)22/h2-6,8-10H,7H2,1H3,(H,19,20)(H,21,22). The first-order chi connectivity index (χ1) is 10.4. The van der Waals surface area contributed by atoms with Crippen molar-refractivity contribution in [1.29, 1.82) is 0 Å². The average Bonchev–Trinajstić information content (AvgIpc) is 2.47. The van der Waals surface area contributed by atoms with Gasteiger partial charge in [0.25, 0.3) is 0 Å². The molecule has 2 aromatic rings. The van der Waals surface area contributed by atoms with Gasteiger partial charge in [0.15, 0.2) is 0 Å². The molecule has 0 aliphatic heterocycles. The number of carbonyl (C=O) groups is 2. The summed E-state index contributed by atoms with van der Waals surface area (Å²) in [5, 5.41) is 17.9. The second kappa shape index (κ2) is 6.39. The summed E-state index contributed by atoms with van der Waals surface area (Å²) >= 11 is 0. The van der Waals surface area contributed by atoms with Crippen molar-refractivity contribution in [3.05, 3.63) is 59.4 Å². The first-order valence-electron chi connectivity index (χ1n) is 6.73. The van der Waals surface area contributed by atoms with E-state index in [2.05, 4.69) is 0 Å². The normalized spacial score (nSPS) is 11.9. The summed E-state index contributed by atoms with van der Waals surface area (Å²) in [4.78, 5) is 21.8. The van der Waals surface area contributed by atoms with Crippen molar-refractivity contribution < 1.29 is 24.2 Å². The number of aromatic carboxylic acids is 1. The molecule has 0 amide bonds. The maximum atomic E-state index is 14.1. The molecular formula is C17H15FO4. The zero-order valence-corrected chi connectivity index (χ0v) is 11.9. The molecule has 0 saturated carbocycles. The van der Waals surface area contributed by atoms with Gasteiger partial charge < -0.3 is 10.2 Å². The van der Waals surface area contributed by atoms with Crippen molar-refractivity contribution in [2.45, 2.75) is 19.3 Å². The Morgan fingerprint density at radius 2 is 1.86 bits per heavy atom. The van der Waals surface area contributed by atoms with Crippen LogP contribution in [0.15, 0.2) is 42.5 Å². The van der Waals surface area contributed by atoms with Gasteiger partial charge in [-0.2, -0.15) is 0 Å². The van der Waals surface area contributed by atoms with Crippen molar-refractivity contribution in [3.63, 3.8) is 0 Å². The van der Waals surface area contributed by atoms with Gasteiger partial charge in [-0.1, -0.05) is 25.1 Å². The van der Waals surface area contributed by atoms with Crippen LogP contribution in [0.3, 0.4) is 0 Å². The van der Waals surface area contributed by atoms with E-state index in [-0.39, 0.29) is 23.5 Å². The van der Waals surface area contributed by atoms with E-state index in [1.165, 1.54) is 18.2 Å². The summed E-state index contributed by atoms with van der Waals surface area (Å²) < 4.78 is 14.1. The molecule has 1 atom stereocenters. The van der Waals surface area contributed by atoms with E-state index in [1.54, 1.807) is 31.2 Å². The zero-order chi connectivity index (χ0) is 16.3. The second-order valence-electron chi connectivity index (χ2n) is 5.12. The Bertz CT molecular complexity index is 724. The van der Waals surface area contributed by atoms with Crippen LogP contribution in [0, 0.1) is 5.82 Å². The molecule has 0 aromatic heterocycles. The monoisotopic (exact) mass is 302 g/mol. The van der Waals surface area contributed by atoms with E-state index >= 15 is 0 Å². The molecule has 0 bridgehead atoms. The molecule has 0 heterocycles. The van der Waals surface area contributed by atoms with Crippen molar-refractivity contribution in [3.8, 4) is 11.1 Å². The summed E-state index contributed by atoms with van der Waals surface area (Å²) in [5.41, 5.74) is 1.47. The fourth-order valence-electron chi connectivity index (χ4n) is 2.27. The highest BCUT2D eigenvalue weighted by Crippen LogP contribution is 2.29. The SMILES string of the molecule is CC(CC(=O)O)c1ccc(F)c(-c2cccc(C(=O)O)c2)c1. The lowest BCUT2D eigenvalue weighted by Gasteiger charge is -2.12. The van der Waals surface area contributed by atoms with Crippen LogP contribution in [-0.2, 0) is 4.79 Å². The van der Waals surface area contributed by atoms with Crippen LogP contribution in [0.2, 0.25) is 0 Å². The van der Waals surface area contributed by atoms with Gasteiger partial charge in [-0.25, -0.2) is 9.18 Å².